The number of carbonyl (C=O) groups is 1. The zero-order valence-corrected chi connectivity index (χ0v) is 15.6. The highest BCUT2D eigenvalue weighted by Crippen LogP contribution is 2.24. The molecule has 2 fully saturated rings. The van der Waals surface area contributed by atoms with Crippen LogP contribution in [-0.2, 0) is 14.3 Å². The fraction of sp³-hybridized carbons (Fsp3) is 0.650. The maximum absolute atomic E-state index is 11.1. The van der Waals surface area contributed by atoms with Crippen molar-refractivity contribution in [2.45, 2.75) is 31.8 Å². The Hall–Kier alpha value is -1.79. The van der Waals surface area contributed by atoms with Crippen molar-refractivity contribution in [3.05, 3.63) is 24.3 Å². The molecule has 1 N–H and O–H groups in total. The second-order valence-corrected chi connectivity index (χ2v) is 7.07. The average molecular weight is 362 g/mol. The van der Waals surface area contributed by atoms with Crippen molar-refractivity contribution in [3.8, 4) is 5.75 Å². The van der Waals surface area contributed by atoms with E-state index in [2.05, 4.69) is 15.0 Å². The maximum atomic E-state index is 11.1. The van der Waals surface area contributed by atoms with E-state index in [4.69, 9.17) is 9.47 Å². The quantitative estimate of drug-likeness (QED) is 0.751. The van der Waals surface area contributed by atoms with Crippen LogP contribution in [0.5, 0.6) is 5.75 Å². The lowest BCUT2D eigenvalue weighted by atomic mass is 9.99. The molecule has 2 aliphatic rings. The minimum absolute atomic E-state index is 0.0599. The molecule has 6 nitrogen and oxygen atoms in total. The van der Waals surface area contributed by atoms with Gasteiger partial charge >= 0.3 is 5.97 Å². The summed E-state index contributed by atoms with van der Waals surface area (Å²) in [7, 11) is 1.36. The Morgan fingerprint density at radius 1 is 1.12 bits per heavy atom. The first-order valence-electron chi connectivity index (χ1n) is 9.61. The number of carbonyl (C=O) groups excluding carboxylic acids is 1. The molecule has 0 atom stereocenters. The number of piperidine rings is 2. The fourth-order valence-electron chi connectivity index (χ4n) is 3.56. The summed E-state index contributed by atoms with van der Waals surface area (Å²) < 4.78 is 16.1. The number of benzene rings is 1. The average Bonchev–Trinajstić information content (AvgIpc) is 2.72. The molecule has 0 aromatic heterocycles. The van der Waals surface area contributed by atoms with E-state index in [9.17, 15) is 4.79 Å². The number of nitrogens with one attached hydrogen (secondary N) is 1. The number of hydrogen-bond donors (Lipinski definition) is 1. The van der Waals surface area contributed by atoms with Crippen molar-refractivity contribution in [2.24, 2.45) is 5.92 Å². The predicted molar refractivity (Wildman–Crippen MR) is 101 cm³/mol. The van der Waals surface area contributed by atoms with Gasteiger partial charge in [0.15, 0.2) is 6.61 Å². The van der Waals surface area contributed by atoms with Gasteiger partial charge in [-0.3, -0.25) is 0 Å². The van der Waals surface area contributed by atoms with Gasteiger partial charge in [0.25, 0.3) is 0 Å². The van der Waals surface area contributed by atoms with Gasteiger partial charge in [-0.05, 0) is 69.0 Å². The molecule has 0 saturated carbocycles. The summed E-state index contributed by atoms with van der Waals surface area (Å²) >= 11 is 0. The SMILES string of the molecule is COC(=O)COc1ccc(N2CCC(OCC3CCNCC3)CC2)cc1. The van der Waals surface area contributed by atoms with Gasteiger partial charge < -0.3 is 24.4 Å². The largest absolute Gasteiger partial charge is 0.482 e. The zero-order valence-electron chi connectivity index (χ0n) is 15.6. The Balaban J connectivity index is 1.39. The molecule has 0 spiro atoms. The minimum Gasteiger partial charge on any atom is -0.482 e. The monoisotopic (exact) mass is 362 g/mol. The highest BCUT2D eigenvalue weighted by Gasteiger charge is 2.22. The molecule has 1 aromatic rings. The predicted octanol–water partition coefficient (Wildman–Crippen LogP) is 2.22. The molecule has 3 rings (SSSR count). The summed E-state index contributed by atoms with van der Waals surface area (Å²) in [5.74, 6) is 1.03. The summed E-state index contributed by atoms with van der Waals surface area (Å²) in [4.78, 5) is 13.5. The lowest BCUT2D eigenvalue weighted by molar-refractivity contribution is -0.142. The number of anilines is 1. The van der Waals surface area contributed by atoms with Crippen LogP contribution in [0.3, 0.4) is 0 Å². The van der Waals surface area contributed by atoms with E-state index in [1.807, 2.05) is 24.3 Å². The van der Waals surface area contributed by atoms with Gasteiger partial charge in [-0.15, -0.1) is 0 Å². The molecule has 2 heterocycles. The van der Waals surface area contributed by atoms with Crippen molar-refractivity contribution in [3.63, 3.8) is 0 Å². The third-order valence-corrected chi connectivity index (χ3v) is 5.25. The summed E-state index contributed by atoms with van der Waals surface area (Å²) in [6.07, 6.45) is 5.02. The molecule has 0 unspecified atom stereocenters. The van der Waals surface area contributed by atoms with Crippen LogP contribution < -0.4 is 15.0 Å². The number of ether oxygens (including phenoxy) is 3. The Kier molecular flexibility index (Phi) is 7.14. The van der Waals surface area contributed by atoms with Crippen molar-refractivity contribution in [1.82, 2.24) is 5.32 Å². The standard InChI is InChI=1S/C20H30N2O4/c1-24-20(23)15-26-18-4-2-17(3-5-18)22-12-8-19(9-13-22)25-14-16-6-10-21-11-7-16/h2-5,16,19,21H,6-15H2,1H3. The van der Waals surface area contributed by atoms with Gasteiger partial charge in [-0.1, -0.05) is 0 Å². The van der Waals surface area contributed by atoms with Crippen LogP contribution in [0.1, 0.15) is 25.7 Å². The molecule has 26 heavy (non-hydrogen) atoms. The van der Waals surface area contributed by atoms with E-state index in [0.29, 0.717) is 11.9 Å². The van der Waals surface area contributed by atoms with Crippen LogP contribution in [0.2, 0.25) is 0 Å². The first-order chi connectivity index (χ1) is 12.7. The Bertz CT molecular complexity index is 549. The van der Waals surface area contributed by atoms with Gasteiger partial charge in [0.1, 0.15) is 5.75 Å². The number of hydrogen-bond acceptors (Lipinski definition) is 6. The normalized spacial score (nSPS) is 19.3. The lowest BCUT2D eigenvalue weighted by Crippen LogP contribution is -2.38. The molecule has 0 amide bonds. The molecular weight excluding hydrogens is 332 g/mol. The minimum atomic E-state index is -0.374. The molecule has 1 aromatic carbocycles. The highest BCUT2D eigenvalue weighted by atomic mass is 16.6. The third kappa shape index (κ3) is 5.61. The Morgan fingerprint density at radius 2 is 1.81 bits per heavy atom. The van der Waals surface area contributed by atoms with E-state index in [0.717, 1.165) is 51.5 Å². The lowest BCUT2D eigenvalue weighted by Gasteiger charge is -2.34. The summed E-state index contributed by atoms with van der Waals surface area (Å²) in [6.45, 7) is 5.14. The Labute approximate surface area is 155 Å². The molecular formula is C20H30N2O4. The van der Waals surface area contributed by atoms with Crippen LogP contribution >= 0.6 is 0 Å². The van der Waals surface area contributed by atoms with E-state index in [1.165, 1.54) is 25.6 Å². The summed E-state index contributed by atoms with van der Waals surface area (Å²) in [6, 6.07) is 7.89. The van der Waals surface area contributed by atoms with Gasteiger partial charge in [0.05, 0.1) is 13.2 Å². The van der Waals surface area contributed by atoms with Crippen LogP contribution in [0, 0.1) is 5.92 Å². The first-order valence-corrected chi connectivity index (χ1v) is 9.61. The molecule has 0 radical (unpaired) electrons. The molecule has 2 saturated heterocycles. The van der Waals surface area contributed by atoms with E-state index >= 15 is 0 Å². The van der Waals surface area contributed by atoms with Gasteiger partial charge in [0.2, 0.25) is 0 Å². The van der Waals surface area contributed by atoms with Gasteiger partial charge in [-0.25, -0.2) is 4.79 Å². The third-order valence-electron chi connectivity index (χ3n) is 5.25. The van der Waals surface area contributed by atoms with E-state index in [-0.39, 0.29) is 12.6 Å². The Morgan fingerprint density at radius 3 is 2.46 bits per heavy atom. The highest BCUT2D eigenvalue weighted by molar-refractivity contribution is 5.70. The fourth-order valence-corrected chi connectivity index (χ4v) is 3.56. The second kappa shape index (κ2) is 9.78. The van der Waals surface area contributed by atoms with E-state index < -0.39 is 0 Å². The van der Waals surface area contributed by atoms with Crippen molar-refractivity contribution in [1.29, 1.82) is 0 Å². The number of nitrogens with zero attached hydrogens (tertiary/aromatic N) is 1. The van der Waals surface area contributed by atoms with Gasteiger partial charge in [0, 0.05) is 25.4 Å². The second-order valence-electron chi connectivity index (χ2n) is 7.07. The van der Waals surface area contributed by atoms with Crippen LogP contribution in [0.4, 0.5) is 5.69 Å². The van der Waals surface area contributed by atoms with Crippen LogP contribution in [0.25, 0.3) is 0 Å². The van der Waals surface area contributed by atoms with Crippen LogP contribution in [-0.4, -0.2) is 58.6 Å². The van der Waals surface area contributed by atoms with Crippen LogP contribution in [0.15, 0.2) is 24.3 Å². The van der Waals surface area contributed by atoms with Crippen molar-refractivity contribution >= 4 is 11.7 Å². The zero-order chi connectivity index (χ0) is 18.2. The number of methoxy groups -OCH3 is 1. The smallest absolute Gasteiger partial charge is 0.343 e. The topological polar surface area (TPSA) is 60.0 Å². The molecule has 0 aliphatic carbocycles. The van der Waals surface area contributed by atoms with E-state index in [1.54, 1.807) is 0 Å². The molecule has 2 aliphatic heterocycles. The van der Waals surface area contributed by atoms with Crippen molar-refractivity contribution < 1.29 is 19.0 Å². The number of esters is 1. The summed E-state index contributed by atoms with van der Waals surface area (Å²) in [5, 5.41) is 3.40. The summed E-state index contributed by atoms with van der Waals surface area (Å²) in [5.41, 5.74) is 1.19. The molecule has 0 bridgehead atoms. The van der Waals surface area contributed by atoms with Crippen molar-refractivity contribution in [2.75, 3.05) is 51.4 Å². The van der Waals surface area contributed by atoms with Gasteiger partial charge in [-0.2, -0.15) is 0 Å². The first kappa shape index (κ1) is 19.0. The molecule has 144 valence electrons. The number of rotatable bonds is 7. The molecule has 6 heteroatoms. The maximum Gasteiger partial charge on any atom is 0.343 e.